The van der Waals surface area contributed by atoms with Crippen LogP contribution in [-0.2, 0) is 26.6 Å². The molecule has 0 spiro atoms. The van der Waals surface area contributed by atoms with Crippen molar-refractivity contribution in [1.29, 1.82) is 0 Å². The van der Waals surface area contributed by atoms with Gasteiger partial charge in [0.15, 0.2) is 5.78 Å². The second-order valence-electron chi connectivity index (χ2n) is 8.22. The van der Waals surface area contributed by atoms with Crippen molar-refractivity contribution in [3.63, 3.8) is 0 Å². The van der Waals surface area contributed by atoms with E-state index in [0.717, 1.165) is 40.6 Å². The average molecular weight is 537 g/mol. The van der Waals surface area contributed by atoms with Crippen LogP contribution in [0.3, 0.4) is 0 Å². The zero-order valence-corrected chi connectivity index (χ0v) is 21.3. The molecule has 0 unspecified atom stereocenters. The van der Waals surface area contributed by atoms with Gasteiger partial charge in [-0.1, -0.05) is 12.5 Å². The van der Waals surface area contributed by atoms with Gasteiger partial charge in [0.1, 0.15) is 5.82 Å². The predicted octanol–water partition coefficient (Wildman–Crippen LogP) is 4.14. The summed E-state index contributed by atoms with van der Waals surface area (Å²) in [6, 6.07) is 13.6. The van der Waals surface area contributed by atoms with Crippen LogP contribution in [0, 0.1) is 5.82 Å². The Morgan fingerprint density at radius 2 is 1.51 bits per heavy atom. The largest absolute Gasteiger partial charge is 0.293 e. The Hall–Kier alpha value is -2.44. The summed E-state index contributed by atoms with van der Waals surface area (Å²) in [5.41, 5.74) is 0.195. The molecule has 1 saturated heterocycles. The Morgan fingerprint density at radius 3 is 2.11 bits per heavy atom. The van der Waals surface area contributed by atoms with E-state index in [2.05, 4.69) is 0 Å². The molecule has 11 heteroatoms. The van der Waals surface area contributed by atoms with Crippen LogP contribution in [0.15, 0.2) is 75.8 Å². The summed E-state index contributed by atoms with van der Waals surface area (Å²) in [6.45, 7) is 0.422. The number of hydrogen-bond acceptors (Lipinski definition) is 6. The number of halogens is 1. The van der Waals surface area contributed by atoms with Crippen molar-refractivity contribution < 1.29 is 26.0 Å². The van der Waals surface area contributed by atoms with Crippen LogP contribution in [-0.4, -0.2) is 50.9 Å². The number of ketones is 1. The van der Waals surface area contributed by atoms with Crippen LogP contribution in [0.25, 0.3) is 0 Å². The monoisotopic (exact) mass is 536 g/mol. The first-order chi connectivity index (χ1) is 16.7. The van der Waals surface area contributed by atoms with E-state index in [4.69, 9.17) is 0 Å². The van der Waals surface area contributed by atoms with Crippen LogP contribution in [0.4, 0.5) is 4.39 Å². The Bertz CT molecular complexity index is 1370. The van der Waals surface area contributed by atoms with E-state index < -0.39 is 38.2 Å². The van der Waals surface area contributed by atoms with E-state index in [-0.39, 0.29) is 21.9 Å². The lowest BCUT2D eigenvalue weighted by Crippen LogP contribution is -2.36. The van der Waals surface area contributed by atoms with E-state index in [0.29, 0.717) is 13.1 Å². The van der Waals surface area contributed by atoms with Crippen molar-refractivity contribution in [1.82, 2.24) is 8.61 Å². The standard InChI is InChI=1S/C24H25FN2O5S3/c25-20-8-6-19(7-9-20)24(28)18-27(17-21-5-4-16-33-21)35(31,32)23-12-10-22(11-13-23)34(29,30)26-14-2-1-3-15-26/h4-13,16H,1-3,14-15,17-18H2. The highest BCUT2D eigenvalue weighted by Crippen LogP contribution is 2.25. The molecule has 1 fully saturated rings. The van der Waals surface area contributed by atoms with Crippen LogP contribution in [0.1, 0.15) is 34.5 Å². The number of Topliss-reactive ketones (excluding diaryl/α,β-unsaturated/α-hetero) is 1. The first-order valence-electron chi connectivity index (χ1n) is 11.1. The van der Waals surface area contributed by atoms with Gasteiger partial charge in [-0.05, 0) is 72.8 Å². The van der Waals surface area contributed by atoms with Crippen molar-refractivity contribution in [3.8, 4) is 0 Å². The number of carbonyl (C=O) groups is 1. The molecule has 3 aromatic rings. The van der Waals surface area contributed by atoms with Gasteiger partial charge in [0.2, 0.25) is 20.0 Å². The van der Waals surface area contributed by atoms with Crippen LogP contribution in [0.5, 0.6) is 0 Å². The second-order valence-corrected chi connectivity index (χ2v) is 13.1. The molecule has 0 atom stereocenters. The summed E-state index contributed by atoms with van der Waals surface area (Å²) in [6.07, 6.45) is 2.58. The lowest BCUT2D eigenvalue weighted by Gasteiger charge is -2.26. The SMILES string of the molecule is O=C(CN(Cc1cccs1)S(=O)(=O)c1ccc(S(=O)(=O)N2CCCCC2)cc1)c1ccc(F)cc1. The van der Waals surface area contributed by atoms with Crippen molar-refractivity contribution in [3.05, 3.63) is 82.3 Å². The molecule has 0 aliphatic carbocycles. The topological polar surface area (TPSA) is 91.8 Å². The number of benzene rings is 2. The molecule has 0 bridgehead atoms. The normalized spacial score (nSPS) is 15.4. The minimum atomic E-state index is -4.14. The third kappa shape index (κ3) is 5.87. The van der Waals surface area contributed by atoms with Gasteiger partial charge in [-0.2, -0.15) is 8.61 Å². The Kier molecular flexibility index (Phi) is 7.82. The van der Waals surface area contributed by atoms with Crippen LogP contribution < -0.4 is 0 Å². The fourth-order valence-electron chi connectivity index (χ4n) is 3.88. The summed E-state index contributed by atoms with van der Waals surface area (Å²) in [5.74, 6) is -0.973. The molecular formula is C24H25FN2O5S3. The highest BCUT2D eigenvalue weighted by atomic mass is 32.2. The summed E-state index contributed by atoms with van der Waals surface area (Å²) < 4.78 is 68.6. The number of piperidine rings is 1. The third-order valence-electron chi connectivity index (χ3n) is 5.81. The molecule has 2 aromatic carbocycles. The fraction of sp³-hybridized carbons (Fsp3) is 0.292. The smallest absolute Gasteiger partial charge is 0.243 e. The Labute approximate surface area is 208 Å². The number of nitrogens with zero attached hydrogens (tertiary/aromatic N) is 2. The first kappa shape index (κ1) is 25.6. The number of sulfonamides is 2. The molecule has 1 aliphatic rings. The van der Waals surface area contributed by atoms with Gasteiger partial charge in [0.25, 0.3) is 0 Å². The molecule has 4 rings (SSSR count). The van der Waals surface area contributed by atoms with Crippen molar-refractivity contribution in [2.45, 2.75) is 35.6 Å². The zero-order chi connectivity index (χ0) is 25.1. The molecule has 0 amide bonds. The quantitative estimate of drug-likeness (QED) is 0.384. The maximum atomic E-state index is 13.5. The van der Waals surface area contributed by atoms with Crippen LogP contribution >= 0.6 is 11.3 Å². The van der Waals surface area contributed by atoms with E-state index >= 15 is 0 Å². The number of carbonyl (C=O) groups excluding carboxylic acids is 1. The highest BCUT2D eigenvalue weighted by Gasteiger charge is 2.30. The molecule has 2 heterocycles. The van der Waals surface area contributed by atoms with Crippen molar-refractivity contribution >= 4 is 37.2 Å². The van der Waals surface area contributed by atoms with Gasteiger partial charge in [-0.3, -0.25) is 4.79 Å². The lowest BCUT2D eigenvalue weighted by atomic mass is 10.1. The number of thiophene rings is 1. The molecule has 7 nitrogen and oxygen atoms in total. The predicted molar refractivity (Wildman–Crippen MR) is 132 cm³/mol. The molecule has 186 valence electrons. The minimum absolute atomic E-state index is 0.0270. The molecule has 0 radical (unpaired) electrons. The van der Waals surface area contributed by atoms with Gasteiger partial charge in [0.05, 0.1) is 16.3 Å². The molecule has 35 heavy (non-hydrogen) atoms. The Morgan fingerprint density at radius 1 is 0.886 bits per heavy atom. The summed E-state index contributed by atoms with van der Waals surface area (Å²) in [4.78, 5) is 13.5. The van der Waals surface area contributed by atoms with Gasteiger partial charge in [-0.25, -0.2) is 21.2 Å². The lowest BCUT2D eigenvalue weighted by molar-refractivity contribution is 0.0964. The van der Waals surface area contributed by atoms with Gasteiger partial charge < -0.3 is 0 Å². The van der Waals surface area contributed by atoms with Gasteiger partial charge in [-0.15, -0.1) is 11.3 Å². The van der Waals surface area contributed by atoms with E-state index in [9.17, 15) is 26.0 Å². The van der Waals surface area contributed by atoms with Crippen molar-refractivity contribution in [2.24, 2.45) is 0 Å². The maximum absolute atomic E-state index is 13.5. The Balaban J connectivity index is 1.60. The third-order valence-corrected chi connectivity index (χ3v) is 10.4. The second kappa shape index (κ2) is 10.7. The van der Waals surface area contributed by atoms with E-state index in [1.54, 1.807) is 12.1 Å². The minimum Gasteiger partial charge on any atom is -0.293 e. The van der Waals surface area contributed by atoms with Crippen molar-refractivity contribution in [2.75, 3.05) is 19.6 Å². The molecular weight excluding hydrogens is 511 g/mol. The van der Waals surface area contributed by atoms with Gasteiger partial charge >= 0.3 is 0 Å². The highest BCUT2D eigenvalue weighted by molar-refractivity contribution is 7.89. The van der Waals surface area contributed by atoms with Gasteiger partial charge in [0, 0.05) is 30.1 Å². The van der Waals surface area contributed by atoms with E-state index in [1.807, 2.05) is 5.38 Å². The average Bonchev–Trinajstić information content (AvgIpc) is 3.38. The molecule has 1 aliphatic heterocycles. The first-order valence-corrected chi connectivity index (χ1v) is 14.9. The summed E-state index contributed by atoms with van der Waals surface area (Å²) in [7, 11) is -7.84. The molecule has 1 aromatic heterocycles. The zero-order valence-electron chi connectivity index (χ0n) is 18.8. The van der Waals surface area contributed by atoms with E-state index in [1.165, 1.54) is 52.0 Å². The van der Waals surface area contributed by atoms with Crippen LogP contribution in [0.2, 0.25) is 0 Å². The fourth-order valence-corrected chi connectivity index (χ4v) is 7.57. The maximum Gasteiger partial charge on any atom is 0.243 e. The summed E-state index contributed by atoms with van der Waals surface area (Å²) in [5, 5.41) is 1.81. The molecule has 0 N–H and O–H groups in total. The molecule has 0 saturated carbocycles. The summed E-state index contributed by atoms with van der Waals surface area (Å²) >= 11 is 1.36. The number of hydrogen-bond donors (Lipinski definition) is 0. The number of rotatable bonds is 9.